The number of Topliss-reactive ketones (excluding diaryl/α,β-unsaturated/α-hetero) is 1. The topological polar surface area (TPSA) is 52.6 Å². The molecule has 18 heavy (non-hydrogen) atoms. The van der Waals surface area contributed by atoms with Crippen molar-refractivity contribution in [3.05, 3.63) is 28.8 Å². The third kappa shape index (κ3) is 1.94. The van der Waals surface area contributed by atoms with Crippen LogP contribution in [0, 0.1) is 11.6 Å². The zero-order valence-electron chi connectivity index (χ0n) is 9.59. The highest BCUT2D eigenvalue weighted by atomic mass is 19.1. The fourth-order valence-corrected chi connectivity index (χ4v) is 1.84. The SMILES string of the molecule is CCOC(=O)C(=O)c1c(F)cc(F)c2c1CCO2. The first-order valence-electron chi connectivity index (χ1n) is 5.41. The van der Waals surface area contributed by atoms with Crippen molar-refractivity contribution in [2.45, 2.75) is 13.3 Å². The molecule has 1 aliphatic rings. The second kappa shape index (κ2) is 4.72. The lowest BCUT2D eigenvalue weighted by molar-refractivity contribution is -0.137. The first-order valence-corrected chi connectivity index (χ1v) is 5.41. The van der Waals surface area contributed by atoms with Crippen LogP contribution in [0.3, 0.4) is 0 Å². The minimum atomic E-state index is -1.16. The summed E-state index contributed by atoms with van der Waals surface area (Å²) < 4.78 is 36.5. The van der Waals surface area contributed by atoms with Crippen molar-refractivity contribution in [2.24, 2.45) is 0 Å². The van der Waals surface area contributed by atoms with Crippen molar-refractivity contribution in [3.63, 3.8) is 0 Å². The monoisotopic (exact) mass is 256 g/mol. The van der Waals surface area contributed by atoms with E-state index in [2.05, 4.69) is 4.74 Å². The van der Waals surface area contributed by atoms with Gasteiger partial charge in [-0.3, -0.25) is 4.79 Å². The van der Waals surface area contributed by atoms with Crippen LogP contribution in [0.2, 0.25) is 0 Å². The van der Waals surface area contributed by atoms with E-state index < -0.39 is 29.0 Å². The van der Waals surface area contributed by atoms with Crippen molar-refractivity contribution >= 4 is 11.8 Å². The van der Waals surface area contributed by atoms with Gasteiger partial charge >= 0.3 is 5.97 Å². The lowest BCUT2D eigenvalue weighted by Gasteiger charge is -2.08. The average Bonchev–Trinajstić information content (AvgIpc) is 2.78. The number of hydrogen-bond acceptors (Lipinski definition) is 4. The number of rotatable bonds is 3. The van der Waals surface area contributed by atoms with Crippen molar-refractivity contribution < 1.29 is 27.8 Å². The summed E-state index contributed by atoms with van der Waals surface area (Å²) in [5.41, 5.74) is -0.368. The molecule has 0 unspecified atom stereocenters. The van der Waals surface area contributed by atoms with E-state index in [1.54, 1.807) is 0 Å². The van der Waals surface area contributed by atoms with Gasteiger partial charge in [0.2, 0.25) is 0 Å². The van der Waals surface area contributed by atoms with Gasteiger partial charge in [-0.2, -0.15) is 0 Å². The number of fused-ring (bicyclic) bond motifs is 1. The summed E-state index contributed by atoms with van der Waals surface area (Å²) in [7, 11) is 0. The van der Waals surface area contributed by atoms with Gasteiger partial charge in [0, 0.05) is 18.1 Å². The van der Waals surface area contributed by atoms with Gasteiger partial charge in [-0.25, -0.2) is 13.6 Å². The largest absolute Gasteiger partial charge is 0.490 e. The molecule has 4 nitrogen and oxygen atoms in total. The quantitative estimate of drug-likeness (QED) is 0.468. The van der Waals surface area contributed by atoms with Crippen LogP contribution in [-0.4, -0.2) is 25.0 Å². The van der Waals surface area contributed by atoms with Crippen LogP contribution in [0.4, 0.5) is 8.78 Å². The highest BCUT2D eigenvalue weighted by Crippen LogP contribution is 2.33. The molecule has 0 saturated carbocycles. The van der Waals surface area contributed by atoms with Gasteiger partial charge in [-0.1, -0.05) is 0 Å². The van der Waals surface area contributed by atoms with Gasteiger partial charge in [-0.15, -0.1) is 0 Å². The fraction of sp³-hybridized carbons (Fsp3) is 0.333. The highest BCUT2D eigenvalue weighted by Gasteiger charge is 2.31. The van der Waals surface area contributed by atoms with Crippen molar-refractivity contribution in [1.82, 2.24) is 0 Å². The second-order valence-electron chi connectivity index (χ2n) is 3.67. The van der Waals surface area contributed by atoms with Gasteiger partial charge in [0.05, 0.1) is 18.8 Å². The lowest BCUT2D eigenvalue weighted by atomic mass is 10.0. The van der Waals surface area contributed by atoms with Crippen LogP contribution >= 0.6 is 0 Å². The highest BCUT2D eigenvalue weighted by molar-refractivity contribution is 6.41. The standard InChI is InChI=1S/C12H10F2O4/c1-2-17-12(16)10(15)9-6-3-4-18-11(6)8(14)5-7(9)13/h5H,2-4H2,1H3. The summed E-state index contributed by atoms with van der Waals surface area (Å²) >= 11 is 0. The predicted molar refractivity (Wildman–Crippen MR) is 56.5 cm³/mol. The summed E-state index contributed by atoms with van der Waals surface area (Å²) in [6, 6.07) is 0.538. The number of carbonyl (C=O) groups excluding carboxylic acids is 2. The number of esters is 1. The fourth-order valence-electron chi connectivity index (χ4n) is 1.84. The Morgan fingerprint density at radius 1 is 1.39 bits per heavy atom. The lowest BCUT2D eigenvalue weighted by Crippen LogP contribution is -2.20. The molecule has 96 valence electrons. The summed E-state index contributed by atoms with van der Waals surface area (Å²) in [6.45, 7) is 1.69. The summed E-state index contributed by atoms with van der Waals surface area (Å²) in [6.07, 6.45) is 0.185. The maximum Gasteiger partial charge on any atom is 0.379 e. The van der Waals surface area contributed by atoms with Crippen LogP contribution < -0.4 is 4.74 Å². The number of hydrogen-bond donors (Lipinski definition) is 0. The normalized spacial score (nSPS) is 12.8. The molecule has 0 spiro atoms. The van der Waals surface area contributed by atoms with Crippen molar-refractivity contribution in [1.29, 1.82) is 0 Å². The van der Waals surface area contributed by atoms with E-state index in [-0.39, 0.29) is 30.9 Å². The number of ether oxygens (including phenoxy) is 2. The minimum Gasteiger partial charge on any atom is -0.490 e. The number of carbonyl (C=O) groups is 2. The molecule has 2 rings (SSSR count). The Morgan fingerprint density at radius 3 is 2.78 bits per heavy atom. The van der Waals surface area contributed by atoms with Crippen LogP contribution in [0.5, 0.6) is 5.75 Å². The zero-order chi connectivity index (χ0) is 13.3. The van der Waals surface area contributed by atoms with Crippen LogP contribution in [0.1, 0.15) is 22.8 Å². The first kappa shape index (κ1) is 12.5. The molecule has 6 heteroatoms. The van der Waals surface area contributed by atoms with E-state index in [0.29, 0.717) is 6.07 Å². The third-order valence-electron chi connectivity index (χ3n) is 2.57. The van der Waals surface area contributed by atoms with E-state index in [1.165, 1.54) is 6.92 Å². The molecule has 0 N–H and O–H groups in total. The first-order chi connectivity index (χ1) is 8.56. The second-order valence-corrected chi connectivity index (χ2v) is 3.67. The molecular weight excluding hydrogens is 246 g/mol. The maximum absolute atomic E-state index is 13.6. The number of halogens is 2. The van der Waals surface area contributed by atoms with Crippen molar-refractivity contribution in [3.8, 4) is 5.75 Å². The minimum absolute atomic E-state index is 0.00603. The Bertz CT molecular complexity index is 525. The smallest absolute Gasteiger partial charge is 0.379 e. The molecule has 0 aromatic heterocycles. The van der Waals surface area contributed by atoms with Gasteiger partial charge in [0.25, 0.3) is 5.78 Å². The van der Waals surface area contributed by atoms with Gasteiger partial charge in [0.15, 0.2) is 11.6 Å². The third-order valence-corrected chi connectivity index (χ3v) is 2.57. The van der Waals surface area contributed by atoms with E-state index in [9.17, 15) is 18.4 Å². The molecule has 0 bridgehead atoms. The molecule has 0 saturated heterocycles. The molecule has 0 amide bonds. The Kier molecular flexibility index (Phi) is 3.27. The summed E-state index contributed by atoms with van der Waals surface area (Å²) in [5.74, 6) is -4.38. The zero-order valence-corrected chi connectivity index (χ0v) is 9.59. The molecular formula is C12H10F2O4. The predicted octanol–water partition coefficient (Wildman–Crippen LogP) is 1.65. The van der Waals surface area contributed by atoms with E-state index in [0.717, 1.165) is 0 Å². The Labute approximate surface area is 101 Å². The van der Waals surface area contributed by atoms with E-state index in [1.807, 2.05) is 0 Å². The summed E-state index contributed by atoms with van der Waals surface area (Å²) in [4.78, 5) is 23.0. The van der Waals surface area contributed by atoms with Crippen LogP contribution in [-0.2, 0) is 16.0 Å². The molecule has 1 aliphatic heterocycles. The molecule has 0 atom stereocenters. The molecule has 0 fully saturated rings. The number of ketones is 1. The summed E-state index contributed by atoms with van der Waals surface area (Å²) in [5, 5.41) is 0. The number of benzene rings is 1. The molecule has 0 radical (unpaired) electrons. The molecule has 0 aliphatic carbocycles. The molecule has 1 aromatic carbocycles. The molecule has 1 aromatic rings. The van der Waals surface area contributed by atoms with Crippen molar-refractivity contribution in [2.75, 3.05) is 13.2 Å². The maximum atomic E-state index is 13.6. The average molecular weight is 256 g/mol. The molecule has 1 heterocycles. The van der Waals surface area contributed by atoms with Crippen LogP contribution in [0.15, 0.2) is 6.07 Å². The van der Waals surface area contributed by atoms with Gasteiger partial charge in [0.1, 0.15) is 5.82 Å². The Balaban J connectivity index is 2.48. The van der Waals surface area contributed by atoms with Gasteiger partial charge < -0.3 is 9.47 Å². The van der Waals surface area contributed by atoms with E-state index >= 15 is 0 Å². The Morgan fingerprint density at radius 2 is 2.11 bits per heavy atom. The van der Waals surface area contributed by atoms with Gasteiger partial charge in [-0.05, 0) is 6.92 Å². The van der Waals surface area contributed by atoms with Crippen LogP contribution in [0.25, 0.3) is 0 Å². The Hall–Kier alpha value is -1.98. The van der Waals surface area contributed by atoms with E-state index in [4.69, 9.17) is 4.74 Å².